The molecule has 0 aromatic heterocycles. The van der Waals surface area contributed by atoms with E-state index >= 15 is 0 Å². The van der Waals surface area contributed by atoms with Gasteiger partial charge in [0, 0.05) is 18.8 Å². The molecule has 3 rings (SSSR count). The zero-order chi connectivity index (χ0) is 16.6. The minimum Gasteiger partial charge on any atom is -0.368 e. The summed E-state index contributed by atoms with van der Waals surface area (Å²) in [6.07, 6.45) is 1.74. The van der Waals surface area contributed by atoms with Crippen LogP contribution >= 0.6 is 11.6 Å². The average Bonchev–Trinajstić information content (AvgIpc) is 3.26. The molecule has 1 unspecified atom stereocenters. The Morgan fingerprint density at radius 2 is 2.13 bits per heavy atom. The predicted octanol–water partition coefficient (Wildman–Crippen LogP) is 0.863. The van der Waals surface area contributed by atoms with Gasteiger partial charge in [0.1, 0.15) is 6.04 Å². The van der Waals surface area contributed by atoms with E-state index < -0.39 is 17.9 Å². The third kappa shape index (κ3) is 3.24. The smallest absolute Gasteiger partial charge is 0.321 e. The van der Waals surface area contributed by atoms with Gasteiger partial charge in [-0.25, -0.2) is 4.79 Å². The van der Waals surface area contributed by atoms with Gasteiger partial charge in [-0.3, -0.25) is 14.5 Å². The molecule has 23 heavy (non-hydrogen) atoms. The van der Waals surface area contributed by atoms with Crippen molar-refractivity contribution in [2.75, 3.05) is 18.0 Å². The van der Waals surface area contributed by atoms with Crippen molar-refractivity contribution in [3.05, 3.63) is 28.8 Å². The molecule has 1 aromatic carbocycles. The van der Waals surface area contributed by atoms with Crippen LogP contribution in [0.2, 0.25) is 5.02 Å². The van der Waals surface area contributed by atoms with E-state index in [0.717, 1.165) is 12.8 Å². The van der Waals surface area contributed by atoms with Gasteiger partial charge in [-0.05, 0) is 37.0 Å². The van der Waals surface area contributed by atoms with Crippen LogP contribution in [0.5, 0.6) is 0 Å². The van der Waals surface area contributed by atoms with E-state index in [1.54, 1.807) is 18.2 Å². The zero-order valence-corrected chi connectivity index (χ0v) is 13.1. The number of anilines is 1. The van der Waals surface area contributed by atoms with Gasteiger partial charge >= 0.3 is 6.03 Å². The molecule has 122 valence electrons. The van der Waals surface area contributed by atoms with E-state index in [2.05, 4.69) is 10.6 Å². The Labute approximate surface area is 138 Å². The lowest BCUT2D eigenvalue weighted by atomic mass is 10.1. The van der Waals surface area contributed by atoms with Crippen LogP contribution in [-0.2, 0) is 4.79 Å². The van der Waals surface area contributed by atoms with E-state index in [1.165, 1.54) is 4.90 Å². The average molecular weight is 337 g/mol. The summed E-state index contributed by atoms with van der Waals surface area (Å²) < 4.78 is 0. The summed E-state index contributed by atoms with van der Waals surface area (Å²) in [6.45, 7) is 1.07. The molecule has 7 nitrogen and oxygen atoms in total. The number of benzene rings is 1. The number of urea groups is 1. The molecular formula is C15H17ClN4O3. The summed E-state index contributed by atoms with van der Waals surface area (Å²) in [6, 6.07) is 3.89. The minimum atomic E-state index is -0.683. The molecule has 4 N–H and O–H groups in total. The molecule has 0 bridgehead atoms. The molecule has 1 saturated heterocycles. The first-order valence-corrected chi connectivity index (χ1v) is 7.80. The van der Waals surface area contributed by atoms with Gasteiger partial charge in [0.2, 0.25) is 5.91 Å². The van der Waals surface area contributed by atoms with Crippen LogP contribution in [0, 0.1) is 5.92 Å². The van der Waals surface area contributed by atoms with Crippen LogP contribution in [0.3, 0.4) is 0 Å². The first kappa shape index (κ1) is 15.6. The first-order valence-electron chi connectivity index (χ1n) is 7.42. The lowest BCUT2D eigenvalue weighted by Crippen LogP contribution is -2.46. The number of nitrogens with two attached hydrogens (primary N) is 1. The van der Waals surface area contributed by atoms with Crippen LogP contribution in [0.25, 0.3) is 0 Å². The number of nitrogens with one attached hydrogen (secondary N) is 2. The molecule has 8 heteroatoms. The highest BCUT2D eigenvalue weighted by atomic mass is 35.5. The van der Waals surface area contributed by atoms with Crippen molar-refractivity contribution < 1.29 is 14.4 Å². The molecule has 1 heterocycles. The second-order valence-corrected chi connectivity index (χ2v) is 6.15. The number of carbonyl (C=O) groups is 3. The lowest BCUT2D eigenvalue weighted by molar-refractivity contribution is -0.120. The second kappa shape index (κ2) is 6.08. The maximum Gasteiger partial charge on any atom is 0.321 e. The summed E-state index contributed by atoms with van der Waals surface area (Å²) in [4.78, 5) is 37.2. The minimum absolute atomic E-state index is 0.0998. The van der Waals surface area contributed by atoms with Crippen molar-refractivity contribution in [3.63, 3.8) is 0 Å². The molecule has 2 fully saturated rings. The van der Waals surface area contributed by atoms with Crippen molar-refractivity contribution in [3.8, 4) is 0 Å². The fourth-order valence-corrected chi connectivity index (χ4v) is 2.85. The van der Waals surface area contributed by atoms with Gasteiger partial charge < -0.3 is 16.4 Å². The fraction of sp³-hybridized carbons (Fsp3) is 0.400. The number of rotatable bonds is 5. The van der Waals surface area contributed by atoms with Gasteiger partial charge in [-0.1, -0.05) is 11.6 Å². The van der Waals surface area contributed by atoms with E-state index in [1.807, 2.05) is 0 Å². The topological polar surface area (TPSA) is 105 Å². The summed E-state index contributed by atoms with van der Waals surface area (Å²) >= 11 is 6.10. The van der Waals surface area contributed by atoms with Gasteiger partial charge in [0.25, 0.3) is 5.91 Å². The van der Waals surface area contributed by atoms with Gasteiger partial charge in [0.05, 0.1) is 10.6 Å². The van der Waals surface area contributed by atoms with Crippen molar-refractivity contribution in [1.29, 1.82) is 0 Å². The molecule has 1 aliphatic heterocycles. The normalized spacial score (nSPS) is 18.5. The molecular weight excluding hydrogens is 320 g/mol. The molecule has 1 aromatic rings. The quantitative estimate of drug-likeness (QED) is 0.742. The summed E-state index contributed by atoms with van der Waals surface area (Å²) in [5.74, 6) is -0.915. The van der Waals surface area contributed by atoms with Crippen LogP contribution in [0.1, 0.15) is 23.2 Å². The molecule has 0 radical (unpaired) electrons. The third-order valence-electron chi connectivity index (χ3n) is 4.05. The van der Waals surface area contributed by atoms with E-state index in [4.69, 9.17) is 17.3 Å². The summed E-state index contributed by atoms with van der Waals surface area (Å²) in [5, 5.41) is 5.60. The van der Waals surface area contributed by atoms with Gasteiger partial charge in [-0.2, -0.15) is 0 Å². The molecule has 2 aliphatic rings. The van der Waals surface area contributed by atoms with Crippen LogP contribution in [-0.4, -0.2) is 37.0 Å². The predicted molar refractivity (Wildman–Crippen MR) is 85.4 cm³/mol. The molecule has 4 amide bonds. The third-order valence-corrected chi connectivity index (χ3v) is 4.38. The number of carbonyl (C=O) groups excluding carboxylic acids is 3. The number of nitrogens with zero attached hydrogens (tertiary/aromatic N) is 1. The Morgan fingerprint density at radius 3 is 2.70 bits per heavy atom. The van der Waals surface area contributed by atoms with Crippen LogP contribution < -0.4 is 21.3 Å². The Morgan fingerprint density at radius 1 is 1.39 bits per heavy atom. The Kier molecular flexibility index (Phi) is 4.12. The zero-order valence-electron chi connectivity index (χ0n) is 12.3. The van der Waals surface area contributed by atoms with Gasteiger partial charge in [-0.15, -0.1) is 0 Å². The van der Waals surface area contributed by atoms with E-state index in [-0.39, 0.29) is 22.5 Å². The maximum atomic E-state index is 12.4. The Balaban J connectivity index is 1.82. The highest BCUT2D eigenvalue weighted by molar-refractivity contribution is 6.34. The van der Waals surface area contributed by atoms with Crippen molar-refractivity contribution in [1.82, 2.24) is 10.6 Å². The standard InChI is InChI=1S/C15H17ClN4O3/c16-11-4-3-9(20-6-5-18-15(20)23)7-10(11)14(22)19-12(13(17)21)8-1-2-8/h3-4,7-8,12H,1-2,5-6H2,(H2,17,21)(H,18,23)(H,19,22). The fourth-order valence-electron chi connectivity index (χ4n) is 2.64. The van der Waals surface area contributed by atoms with Crippen LogP contribution in [0.4, 0.5) is 10.5 Å². The number of amides is 4. The Hall–Kier alpha value is -2.28. The SMILES string of the molecule is NC(=O)C(NC(=O)c1cc(N2CCNC2=O)ccc1Cl)C1CC1. The van der Waals surface area contributed by atoms with Crippen molar-refractivity contribution >= 4 is 35.1 Å². The summed E-state index contributed by atoms with van der Waals surface area (Å²) in [7, 11) is 0. The number of hydrogen-bond acceptors (Lipinski definition) is 3. The lowest BCUT2D eigenvalue weighted by Gasteiger charge is -2.18. The number of halogens is 1. The molecule has 1 atom stereocenters. The van der Waals surface area contributed by atoms with Gasteiger partial charge in [0.15, 0.2) is 0 Å². The molecule has 0 spiro atoms. The van der Waals surface area contributed by atoms with Crippen molar-refractivity contribution in [2.24, 2.45) is 11.7 Å². The van der Waals surface area contributed by atoms with E-state index in [0.29, 0.717) is 18.8 Å². The van der Waals surface area contributed by atoms with E-state index in [9.17, 15) is 14.4 Å². The largest absolute Gasteiger partial charge is 0.368 e. The highest BCUT2D eigenvalue weighted by Crippen LogP contribution is 2.33. The Bertz CT molecular complexity index is 675. The monoisotopic (exact) mass is 336 g/mol. The molecule has 1 saturated carbocycles. The first-order chi connectivity index (χ1) is 11.0. The summed E-state index contributed by atoms with van der Waals surface area (Å²) in [5.41, 5.74) is 6.14. The number of hydrogen-bond donors (Lipinski definition) is 3. The molecule has 1 aliphatic carbocycles. The highest BCUT2D eigenvalue weighted by Gasteiger charge is 2.36. The second-order valence-electron chi connectivity index (χ2n) is 5.74. The maximum absolute atomic E-state index is 12.4. The van der Waals surface area contributed by atoms with Crippen LogP contribution in [0.15, 0.2) is 18.2 Å². The van der Waals surface area contributed by atoms with Crippen molar-refractivity contribution in [2.45, 2.75) is 18.9 Å². The number of primary amides is 1.